The van der Waals surface area contributed by atoms with Crippen molar-refractivity contribution in [2.75, 3.05) is 13.7 Å². The van der Waals surface area contributed by atoms with Gasteiger partial charge < -0.3 is 15.2 Å². The van der Waals surface area contributed by atoms with Crippen LogP contribution >= 0.6 is 23.1 Å². The number of nitrogens with one attached hydrogen (secondary N) is 1. The molecule has 0 saturated carbocycles. The number of aliphatic carboxylic acids is 1. The van der Waals surface area contributed by atoms with E-state index in [4.69, 9.17) is 4.74 Å². The number of aryl methyl sites for hydroxylation is 1. The van der Waals surface area contributed by atoms with Gasteiger partial charge in [-0.1, -0.05) is 0 Å². The Morgan fingerprint density at radius 1 is 1.36 bits per heavy atom. The fourth-order valence-electron chi connectivity index (χ4n) is 2.10. The molecule has 1 heterocycles. The molecule has 1 atom stereocenters. The van der Waals surface area contributed by atoms with Crippen molar-refractivity contribution in [3.8, 4) is 0 Å². The van der Waals surface area contributed by atoms with Crippen LogP contribution in [0.4, 0.5) is 0 Å². The largest absolute Gasteiger partial charge is 0.479 e. The third-order valence-electron chi connectivity index (χ3n) is 3.46. The number of ether oxygens (including phenoxy) is 1. The lowest BCUT2D eigenvalue weighted by atomic mass is 10.0. The van der Waals surface area contributed by atoms with Crippen LogP contribution in [0, 0.1) is 6.92 Å². The Balaban J connectivity index is 1.98. The summed E-state index contributed by atoms with van der Waals surface area (Å²) in [6.45, 7) is 3.27. The fraction of sp³-hybridized carbons (Fsp3) is 0.353. The smallest absolute Gasteiger partial charge is 0.331 e. The van der Waals surface area contributed by atoms with Crippen LogP contribution in [0.1, 0.15) is 28.0 Å². The summed E-state index contributed by atoms with van der Waals surface area (Å²) in [5, 5.41) is 14.9. The predicted molar refractivity (Wildman–Crippen MR) is 98.2 cm³/mol. The first-order chi connectivity index (χ1) is 11.8. The summed E-state index contributed by atoms with van der Waals surface area (Å²) in [6, 6.07) is 7.04. The summed E-state index contributed by atoms with van der Waals surface area (Å²) in [7, 11) is 1.39. The van der Waals surface area contributed by atoms with E-state index in [0.717, 1.165) is 21.3 Å². The number of thioether (sulfide) groups is 1. The number of rotatable bonds is 8. The zero-order chi connectivity index (χ0) is 18.4. The monoisotopic (exact) mass is 380 g/mol. The minimum atomic E-state index is -1.47. The summed E-state index contributed by atoms with van der Waals surface area (Å²) in [6.07, 6.45) is 0. The van der Waals surface area contributed by atoms with Gasteiger partial charge in [0, 0.05) is 28.7 Å². The first-order valence-electron chi connectivity index (χ1n) is 7.53. The molecule has 0 aliphatic heterocycles. The Hall–Kier alpha value is -1.90. The molecule has 0 aliphatic rings. The van der Waals surface area contributed by atoms with Crippen molar-refractivity contribution >= 4 is 35.0 Å². The number of carboxylic acids is 1. The molecule has 1 aromatic carbocycles. The van der Waals surface area contributed by atoms with E-state index in [0.29, 0.717) is 5.56 Å². The maximum absolute atomic E-state index is 12.3. The minimum absolute atomic E-state index is 0.116. The molecule has 134 valence electrons. The number of benzene rings is 1. The normalized spacial score (nSPS) is 13.2. The van der Waals surface area contributed by atoms with Crippen molar-refractivity contribution in [3.63, 3.8) is 0 Å². The molecular weight excluding hydrogens is 360 g/mol. The number of methoxy groups -OCH3 is 1. The Labute approximate surface area is 154 Å². The molecule has 25 heavy (non-hydrogen) atoms. The van der Waals surface area contributed by atoms with Crippen molar-refractivity contribution < 1.29 is 19.4 Å². The van der Waals surface area contributed by atoms with Gasteiger partial charge in [-0.2, -0.15) is 0 Å². The van der Waals surface area contributed by atoms with Crippen LogP contribution in [0.15, 0.2) is 34.5 Å². The first kappa shape index (κ1) is 19.4. The number of hydrogen-bond acceptors (Lipinski definition) is 6. The van der Waals surface area contributed by atoms with Crippen LogP contribution in [0.3, 0.4) is 0 Å². The zero-order valence-corrected chi connectivity index (χ0v) is 15.9. The van der Waals surface area contributed by atoms with E-state index in [1.807, 2.05) is 24.4 Å². The lowest BCUT2D eigenvalue weighted by molar-refractivity contribution is -0.145. The third-order valence-corrected chi connectivity index (χ3v) is 5.33. The van der Waals surface area contributed by atoms with Crippen LogP contribution in [0.5, 0.6) is 0 Å². The van der Waals surface area contributed by atoms with Crippen LogP contribution < -0.4 is 5.32 Å². The highest BCUT2D eigenvalue weighted by Gasteiger charge is 2.35. The van der Waals surface area contributed by atoms with Crippen molar-refractivity contribution in [1.29, 1.82) is 0 Å². The minimum Gasteiger partial charge on any atom is -0.479 e. The van der Waals surface area contributed by atoms with Crippen molar-refractivity contribution in [2.24, 2.45) is 0 Å². The molecule has 8 heteroatoms. The molecule has 2 aromatic rings. The van der Waals surface area contributed by atoms with Gasteiger partial charge in [-0.05, 0) is 38.1 Å². The SMILES string of the molecule is COCC(C)(NC(=O)c1ccc(SCc2csc(C)n2)cc1)C(=O)O. The molecule has 1 amide bonds. The molecule has 2 rings (SSSR count). The molecule has 1 unspecified atom stereocenters. The molecule has 0 radical (unpaired) electrons. The molecule has 0 aliphatic carbocycles. The molecule has 0 bridgehead atoms. The molecule has 2 N–H and O–H groups in total. The van der Waals surface area contributed by atoms with E-state index in [9.17, 15) is 14.7 Å². The van der Waals surface area contributed by atoms with Gasteiger partial charge in [0.1, 0.15) is 0 Å². The second-order valence-corrected chi connectivity index (χ2v) is 7.81. The highest BCUT2D eigenvalue weighted by atomic mass is 32.2. The standard InChI is InChI=1S/C17H20N2O4S2/c1-11-18-13(8-24-11)9-25-14-6-4-12(5-7-14)15(20)19-17(2,10-23-3)16(21)22/h4-8H,9-10H2,1-3H3,(H,19,20)(H,21,22). The summed E-state index contributed by atoms with van der Waals surface area (Å²) in [5.74, 6) is -0.831. The van der Waals surface area contributed by atoms with E-state index in [1.165, 1.54) is 14.0 Å². The van der Waals surface area contributed by atoms with Crippen molar-refractivity contribution in [3.05, 3.63) is 45.9 Å². The van der Waals surface area contributed by atoms with E-state index in [2.05, 4.69) is 10.3 Å². The number of carboxylic acid groups (broad SMARTS) is 1. The number of aromatic nitrogens is 1. The van der Waals surface area contributed by atoms with E-state index >= 15 is 0 Å². The summed E-state index contributed by atoms with van der Waals surface area (Å²) in [5.41, 5.74) is -0.0367. The number of nitrogens with zero attached hydrogens (tertiary/aromatic N) is 1. The van der Waals surface area contributed by atoms with Gasteiger partial charge in [0.05, 0.1) is 17.3 Å². The Morgan fingerprint density at radius 3 is 2.56 bits per heavy atom. The second kappa shape index (κ2) is 8.46. The quantitative estimate of drug-likeness (QED) is 0.685. The van der Waals surface area contributed by atoms with Crippen LogP contribution in [0.2, 0.25) is 0 Å². The maximum Gasteiger partial charge on any atom is 0.331 e. The zero-order valence-electron chi connectivity index (χ0n) is 14.2. The van der Waals surface area contributed by atoms with Crippen LogP contribution in [0.25, 0.3) is 0 Å². The molecule has 0 fully saturated rings. The molecular formula is C17H20N2O4S2. The van der Waals surface area contributed by atoms with Crippen molar-refractivity contribution in [2.45, 2.75) is 30.0 Å². The predicted octanol–water partition coefficient (Wildman–Crippen LogP) is 2.96. The molecule has 0 saturated heterocycles. The van der Waals surface area contributed by atoms with Gasteiger partial charge in [0.15, 0.2) is 5.54 Å². The Morgan fingerprint density at radius 2 is 2.04 bits per heavy atom. The van der Waals surface area contributed by atoms with Gasteiger partial charge in [-0.25, -0.2) is 9.78 Å². The topological polar surface area (TPSA) is 88.5 Å². The average Bonchev–Trinajstić information content (AvgIpc) is 2.99. The number of carbonyl (C=O) groups is 2. The van der Waals surface area contributed by atoms with Crippen LogP contribution in [-0.4, -0.2) is 41.2 Å². The van der Waals surface area contributed by atoms with Crippen LogP contribution in [-0.2, 0) is 15.3 Å². The van der Waals surface area contributed by atoms with E-state index in [1.54, 1.807) is 35.2 Å². The Kier molecular flexibility index (Phi) is 6.57. The lowest BCUT2D eigenvalue weighted by Gasteiger charge is -2.25. The Bertz CT molecular complexity index is 745. The summed E-state index contributed by atoms with van der Waals surface area (Å²) >= 11 is 3.25. The van der Waals surface area contributed by atoms with Gasteiger partial charge in [-0.15, -0.1) is 23.1 Å². The van der Waals surface area contributed by atoms with E-state index in [-0.39, 0.29) is 6.61 Å². The fourth-order valence-corrected chi connectivity index (χ4v) is 3.61. The maximum atomic E-state index is 12.3. The van der Waals surface area contributed by atoms with Gasteiger partial charge in [0.25, 0.3) is 5.91 Å². The van der Waals surface area contributed by atoms with Gasteiger partial charge >= 0.3 is 5.97 Å². The third kappa shape index (κ3) is 5.29. The van der Waals surface area contributed by atoms with Gasteiger partial charge in [-0.3, -0.25) is 4.79 Å². The van der Waals surface area contributed by atoms with Gasteiger partial charge in [0.2, 0.25) is 0 Å². The lowest BCUT2D eigenvalue weighted by Crippen LogP contribution is -2.55. The van der Waals surface area contributed by atoms with E-state index < -0.39 is 17.4 Å². The van der Waals surface area contributed by atoms with Crippen molar-refractivity contribution in [1.82, 2.24) is 10.3 Å². The highest BCUT2D eigenvalue weighted by molar-refractivity contribution is 7.98. The number of thiazole rings is 1. The summed E-state index contributed by atoms with van der Waals surface area (Å²) in [4.78, 5) is 29.1. The first-order valence-corrected chi connectivity index (χ1v) is 9.39. The number of amides is 1. The molecule has 6 nitrogen and oxygen atoms in total. The summed E-state index contributed by atoms with van der Waals surface area (Å²) < 4.78 is 4.90. The second-order valence-electron chi connectivity index (χ2n) is 5.70. The highest BCUT2D eigenvalue weighted by Crippen LogP contribution is 2.24. The molecule has 0 spiro atoms. The molecule has 1 aromatic heterocycles. The number of hydrogen-bond donors (Lipinski definition) is 2. The average molecular weight is 380 g/mol. The number of carbonyl (C=O) groups excluding carboxylic acids is 1.